The number of hydrogen-bond donors (Lipinski definition) is 1. The molecule has 6 nitrogen and oxygen atoms in total. The maximum Gasteiger partial charge on any atom is 0.261 e. The average molecular weight is 393 g/mol. The van der Waals surface area contributed by atoms with E-state index in [1.54, 1.807) is 17.0 Å². The molecule has 0 saturated carbocycles. The molecule has 27 heavy (non-hydrogen) atoms. The van der Waals surface area contributed by atoms with Crippen LogP contribution in [0.5, 0.6) is 0 Å². The van der Waals surface area contributed by atoms with Gasteiger partial charge < -0.3 is 10.2 Å². The van der Waals surface area contributed by atoms with Crippen molar-refractivity contribution in [1.82, 2.24) is 19.8 Å². The zero-order valence-corrected chi connectivity index (χ0v) is 16.9. The zero-order valence-electron chi connectivity index (χ0n) is 16.1. The summed E-state index contributed by atoms with van der Waals surface area (Å²) in [5.74, 6) is 0.790. The molecule has 0 unspecified atom stereocenters. The Morgan fingerprint density at radius 1 is 1.30 bits per heavy atom. The van der Waals surface area contributed by atoms with Gasteiger partial charge in [0.15, 0.2) is 0 Å². The van der Waals surface area contributed by atoms with Crippen molar-refractivity contribution in [1.29, 1.82) is 0 Å². The van der Waals surface area contributed by atoms with Crippen molar-refractivity contribution in [2.75, 3.05) is 26.2 Å². The molecule has 148 valence electrons. The van der Waals surface area contributed by atoms with E-state index in [0.29, 0.717) is 24.3 Å². The van der Waals surface area contributed by atoms with Crippen LogP contribution in [0.25, 0.3) is 10.9 Å². The van der Waals surface area contributed by atoms with Crippen molar-refractivity contribution >= 4 is 29.2 Å². The minimum absolute atomic E-state index is 0. The fourth-order valence-corrected chi connectivity index (χ4v) is 3.61. The van der Waals surface area contributed by atoms with E-state index in [2.05, 4.69) is 17.2 Å². The van der Waals surface area contributed by atoms with Crippen LogP contribution in [-0.4, -0.2) is 46.5 Å². The number of benzene rings is 1. The van der Waals surface area contributed by atoms with Crippen LogP contribution >= 0.6 is 12.4 Å². The number of amides is 1. The third-order valence-electron chi connectivity index (χ3n) is 5.27. The van der Waals surface area contributed by atoms with Crippen LogP contribution in [0.2, 0.25) is 0 Å². The highest BCUT2D eigenvalue weighted by Crippen LogP contribution is 2.17. The van der Waals surface area contributed by atoms with E-state index in [-0.39, 0.29) is 23.9 Å². The number of nitrogens with zero attached hydrogens (tertiary/aromatic N) is 3. The van der Waals surface area contributed by atoms with Crippen LogP contribution in [-0.2, 0) is 11.3 Å². The third-order valence-corrected chi connectivity index (χ3v) is 5.27. The van der Waals surface area contributed by atoms with E-state index in [4.69, 9.17) is 0 Å². The summed E-state index contributed by atoms with van der Waals surface area (Å²) in [6, 6.07) is 5.61. The van der Waals surface area contributed by atoms with Crippen molar-refractivity contribution < 1.29 is 4.79 Å². The number of carbonyl (C=O) groups is 1. The molecule has 3 rings (SSSR count). The molecular weight excluding hydrogens is 364 g/mol. The standard InChI is InChI=1S/C20H28N4O2.ClH/c1-3-21-13-16-7-10-23(11-8-16)18(25)9-12-24-14-22-19-15(2)5-4-6-17(19)20(24)26;/h4-6,14,16,21H,3,7-13H2,1-2H3;1H. The van der Waals surface area contributed by atoms with Gasteiger partial charge in [0.2, 0.25) is 5.91 Å². The first kappa shape index (κ1) is 21.4. The van der Waals surface area contributed by atoms with Gasteiger partial charge >= 0.3 is 0 Å². The number of rotatable bonds is 6. The molecule has 0 bridgehead atoms. The maximum atomic E-state index is 12.6. The lowest BCUT2D eigenvalue weighted by atomic mass is 9.96. The van der Waals surface area contributed by atoms with Crippen LogP contribution in [0.4, 0.5) is 0 Å². The Kier molecular flexibility index (Phi) is 7.80. The first-order chi connectivity index (χ1) is 12.6. The third kappa shape index (κ3) is 5.08. The van der Waals surface area contributed by atoms with Gasteiger partial charge in [0.1, 0.15) is 0 Å². The lowest BCUT2D eigenvalue weighted by Crippen LogP contribution is -2.41. The van der Waals surface area contributed by atoms with Gasteiger partial charge in [-0.2, -0.15) is 0 Å². The zero-order chi connectivity index (χ0) is 18.5. The van der Waals surface area contributed by atoms with E-state index < -0.39 is 0 Å². The van der Waals surface area contributed by atoms with Crippen LogP contribution < -0.4 is 10.9 Å². The van der Waals surface area contributed by atoms with Crippen molar-refractivity contribution in [3.8, 4) is 0 Å². The molecule has 0 radical (unpaired) electrons. The van der Waals surface area contributed by atoms with Crippen molar-refractivity contribution in [2.45, 2.75) is 39.7 Å². The molecule has 7 heteroatoms. The molecular formula is C20H29ClN4O2. The van der Waals surface area contributed by atoms with Crippen LogP contribution in [0.3, 0.4) is 0 Å². The number of aromatic nitrogens is 2. The lowest BCUT2D eigenvalue weighted by molar-refractivity contribution is -0.132. The van der Waals surface area contributed by atoms with E-state index in [0.717, 1.165) is 50.1 Å². The molecule has 1 aliphatic heterocycles. The molecule has 2 aromatic rings. The summed E-state index contributed by atoms with van der Waals surface area (Å²) in [6.07, 6.45) is 4.01. The molecule has 0 spiro atoms. The summed E-state index contributed by atoms with van der Waals surface area (Å²) >= 11 is 0. The summed E-state index contributed by atoms with van der Waals surface area (Å²) in [5, 5.41) is 4.00. The van der Waals surface area contributed by atoms with Crippen molar-refractivity contribution in [3.05, 3.63) is 40.4 Å². The second-order valence-electron chi connectivity index (χ2n) is 7.10. The fraction of sp³-hybridized carbons (Fsp3) is 0.550. The van der Waals surface area contributed by atoms with Gasteiger partial charge in [-0.1, -0.05) is 19.1 Å². The normalized spacial score (nSPS) is 15.0. The molecule has 0 atom stereocenters. The number of halogens is 1. The van der Waals surface area contributed by atoms with Gasteiger partial charge in [0.05, 0.1) is 17.2 Å². The Balaban J connectivity index is 0.00000261. The Labute approximate surface area is 166 Å². The largest absolute Gasteiger partial charge is 0.343 e. The van der Waals surface area contributed by atoms with Gasteiger partial charge in [0.25, 0.3) is 5.56 Å². The van der Waals surface area contributed by atoms with Crippen molar-refractivity contribution in [3.63, 3.8) is 0 Å². The summed E-state index contributed by atoms with van der Waals surface area (Å²) < 4.78 is 1.55. The molecule has 1 fully saturated rings. The smallest absolute Gasteiger partial charge is 0.261 e. The Bertz CT molecular complexity index is 828. The number of nitrogens with one attached hydrogen (secondary N) is 1. The molecule has 2 heterocycles. The lowest BCUT2D eigenvalue weighted by Gasteiger charge is -2.32. The number of likely N-dealkylation sites (tertiary alicyclic amines) is 1. The summed E-state index contributed by atoms with van der Waals surface area (Å²) in [6.45, 7) is 8.11. The number of hydrogen-bond acceptors (Lipinski definition) is 4. The first-order valence-corrected chi connectivity index (χ1v) is 9.53. The van der Waals surface area contributed by atoms with Crippen LogP contribution in [0.1, 0.15) is 31.7 Å². The number of carbonyl (C=O) groups excluding carboxylic acids is 1. The molecule has 1 N–H and O–H groups in total. The molecule has 0 aliphatic carbocycles. The minimum Gasteiger partial charge on any atom is -0.343 e. The molecule has 1 aromatic carbocycles. The van der Waals surface area contributed by atoms with Gasteiger partial charge in [0, 0.05) is 26.1 Å². The van der Waals surface area contributed by atoms with Gasteiger partial charge in [-0.25, -0.2) is 4.98 Å². The highest BCUT2D eigenvalue weighted by atomic mass is 35.5. The predicted octanol–water partition coefficient (Wildman–Crippen LogP) is 2.36. The Morgan fingerprint density at radius 3 is 2.74 bits per heavy atom. The summed E-state index contributed by atoms with van der Waals surface area (Å²) in [7, 11) is 0. The van der Waals surface area contributed by atoms with Crippen molar-refractivity contribution in [2.24, 2.45) is 5.92 Å². The first-order valence-electron chi connectivity index (χ1n) is 9.53. The average Bonchev–Trinajstić information content (AvgIpc) is 2.66. The summed E-state index contributed by atoms with van der Waals surface area (Å²) in [5.41, 5.74) is 1.65. The van der Waals surface area contributed by atoms with Crippen LogP contribution in [0.15, 0.2) is 29.3 Å². The highest BCUT2D eigenvalue weighted by molar-refractivity contribution is 5.85. The number of para-hydroxylation sites is 1. The quantitative estimate of drug-likeness (QED) is 0.819. The van der Waals surface area contributed by atoms with E-state index in [9.17, 15) is 9.59 Å². The SMILES string of the molecule is CCNCC1CCN(C(=O)CCn2cnc3c(C)cccc3c2=O)CC1.Cl. The molecule has 1 saturated heterocycles. The number of aryl methyl sites for hydroxylation is 2. The topological polar surface area (TPSA) is 67.2 Å². The monoisotopic (exact) mass is 392 g/mol. The number of piperidine rings is 1. The van der Waals surface area contributed by atoms with E-state index in [1.807, 2.05) is 24.0 Å². The molecule has 1 amide bonds. The number of fused-ring (bicyclic) bond motifs is 1. The fourth-order valence-electron chi connectivity index (χ4n) is 3.61. The Hall–Kier alpha value is -1.92. The molecule has 1 aliphatic rings. The second-order valence-corrected chi connectivity index (χ2v) is 7.10. The maximum absolute atomic E-state index is 12.6. The van der Waals surface area contributed by atoms with E-state index in [1.165, 1.54) is 0 Å². The van der Waals surface area contributed by atoms with Gasteiger partial charge in [-0.15, -0.1) is 12.4 Å². The summed E-state index contributed by atoms with van der Waals surface area (Å²) in [4.78, 5) is 31.4. The second kappa shape index (κ2) is 9.85. The van der Waals surface area contributed by atoms with Gasteiger partial charge in [-0.05, 0) is 50.4 Å². The Morgan fingerprint density at radius 2 is 2.04 bits per heavy atom. The highest BCUT2D eigenvalue weighted by Gasteiger charge is 2.22. The van der Waals surface area contributed by atoms with Crippen LogP contribution in [0, 0.1) is 12.8 Å². The van der Waals surface area contributed by atoms with Gasteiger partial charge in [-0.3, -0.25) is 14.2 Å². The molecule has 1 aromatic heterocycles. The predicted molar refractivity (Wildman–Crippen MR) is 110 cm³/mol. The van der Waals surface area contributed by atoms with E-state index >= 15 is 0 Å². The minimum atomic E-state index is -0.0733.